The van der Waals surface area contributed by atoms with Crippen molar-refractivity contribution in [2.45, 2.75) is 6.61 Å². The number of rotatable bonds is 8. The van der Waals surface area contributed by atoms with Crippen LogP contribution < -0.4 is 32.4 Å². The fraction of sp³-hybridized carbons (Fsp3) is 0.0714. The van der Waals surface area contributed by atoms with E-state index in [-0.39, 0.29) is 6.61 Å². The van der Waals surface area contributed by atoms with Crippen LogP contribution in [0.25, 0.3) is 0 Å². The number of carboxylic acids is 1. The highest BCUT2D eigenvalue weighted by molar-refractivity contribution is 5.87. The van der Waals surface area contributed by atoms with E-state index >= 15 is 0 Å². The van der Waals surface area contributed by atoms with Crippen molar-refractivity contribution in [2.75, 3.05) is 5.43 Å². The van der Waals surface area contributed by atoms with Gasteiger partial charge < -0.3 is 9.84 Å². The molecule has 0 radical (unpaired) electrons. The Hall–Kier alpha value is -5.38. The molecule has 1 unspecified atom stereocenters. The van der Waals surface area contributed by atoms with E-state index in [1.165, 1.54) is 0 Å². The molecule has 0 saturated heterocycles. The van der Waals surface area contributed by atoms with E-state index in [0.717, 1.165) is 11.6 Å². The second-order valence-corrected chi connectivity index (χ2v) is 8.05. The fourth-order valence-electron chi connectivity index (χ4n) is 3.41. The molecule has 4 rings (SSSR count). The van der Waals surface area contributed by atoms with Gasteiger partial charge in [0.05, 0.1) is 22.9 Å². The molecule has 0 spiro atoms. The highest BCUT2D eigenvalue weighted by Crippen LogP contribution is 2.12. The van der Waals surface area contributed by atoms with Gasteiger partial charge in [0.1, 0.15) is 12.0 Å². The van der Waals surface area contributed by atoms with Gasteiger partial charge in [-0.15, -0.1) is 0 Å². The van der Waals surface area contributed by atoms with Gasteiger partial charge >= 0.3 is 11.9 Å². The Morgan fingerprint density at radius 2 is 1.58 bits per heavy atom. The molecular weight excluding hydrogens is 488 g/mol. The average molecular weight is 511 g/mol. The lowest BCUT2D eigenvalue weighted by Crippen LogP contribution is -2.51. The summed E-state index contributed by atoms with van der Waals surface area (Å²) in [5.74, 6) is -2.60. The van der Waals surface area contributed by atoms with Gasteiger partial charge in [0, 0.05) is 6.07 Å². The summed E-state index contributed by atoms with van der Waals surface area (Å²) in [5, 5.41) is 16.3. The second-order valence-electron chi connectivity index (χ2n) is 8.05. The van der Waals surface area contributed by atoms with Gasteiger partial charge in [-0.05, 0) is 29.8 Å². The lowest BCUT2D eigenvalue weighted by Gasteiger charge is -2.08. The van der Waals surface area contributed by atoms with Crippen LogP contribution in [0.1, 0.15) is 15.9 Å². The molecule has 0 aliphatic heterocycles. The van der Waals surface area contributed by atoms with Gasteiger partial charge in [0.15, 0.2) is 5.36 Å². The maximum absolute atomic E-state index is 13.0. The van der Waals surface area contributed by atoms with Gasteiger partial charge in [-0.2, -0.15) is 10.2 Å². The number of para-hydroxylation sites is 1. The number of aromatic carboxylic acids is 1. The summed E-state index contributed by atoms with van der Waals surface area (Å²) >= 11 is 0. The normalized spacial score (nSPS) is 15.5. The minimum atomic E-state index is -1.49. The summed E-state index contributed by atoms with van der Waals surface area (Å²) in [7, 11) is 0. The molecule has 1 aliphatic carbocycles. The lowest BCUT2D eigenvalue weighted by atomic mass is 10.1. The minimum Gasteiger partial charge on any atom is -0.478 e. The van der Waals surface area contributed by atoms with Crippen molar-refractivity contribution >= 4 is 17.6 Å². The molecule has 0 heterocycles. The molecule has 1 aliphatic rings. The van der Waals surface area contributed by atoms with E-state index in [1.54, 1.807) is 60.7 Å². The average Bonchev–Trinajstić information content (AvgIpc) is 3.18. The molecule has 10 nitrogen and oxygen atoms in total. The Morgan fingerprint density at radius 1 is 0.895 bits per heavy atom. The van der Waals surface area contributed by atoms with Crippen molar-refractivity contribution in [3.05, 3.63) is 145 Å². The quantitative estimate of drug-likeness (QED) is 0.306. The highest BCUT2D eigenvalue weighted by atomic mass is 16.5. The van der Waals surface area contributed by atoms with Gasteiger partial charge in [0.2, 0.25) is 10.9 Å². The molecule has 0 bridgehead atoms. The molecule has 3 N–H and O–H groups in total. The summed E-state index contributed by atoms with van der Waals surface area (Å²) in [5.41, 5.74) is 4.60. The SMILES string of the molecule is O=C(O)c1cc(=O)c(=NNc2ccccc2)c(=O)c1=NNC1=CC=CC(C(=O)OCc2ccccc2)C=C1. The Kier molecular flexibility index (Phi) is 8.15. The Bertz CT molecular complexity index is 1650. The Balaban J connectivity index is 1.54. The first-order valence-corrected chi connectivity index (χ1v) is 11.5. The number of benzene rings is 3. The third-order valence-electron chi connectivity index (χ3n) is 5.37. The number of nitrogens with one attached hydrogen (secondary N) is 2. The van der Waals surface area contributed by atoms with Crippen LogP contribution in [-0.2, 0) is 16.1 Å². The summed E-state index contributed by atoms with van der Waals surface area (Å²) in [4.78, 5) is 49.5. The molecule has 0 saturated carbocycles. The van der Waals surface area contributed by atoms with E-state index in [4.69, 9.17) is 4.74 Å². The number of anilines is 1. The zero-order valence-electron chi connectivity index (χ0n) is 19.9. The largest absolute Gasteiger partial charge is 0.478 e. The number of hydrogen-bond acceptors (Lipinski definition) is 9. The van der Waals surface area contributed by atoms with Gasteiger partial charge in [-0.1, -0.05) is 66.8 Å². The zero-order valence-corrected chi connectivity index (χ0v) is 19.9. The van der Waals surface area contributed by atoms with Crippen LogP contribution >= 0.6 is 0 Å². The smallest absolute Gasteiger partial charge is 0.338 e. The topological polar surface area (TPSA) is 147 Å². The maximum atomic E-state index is 13.0. The monoisotopic (exact) mass is 510 g/mol. The standard InChI is InChI=1S/C28H22N4O6/c33-23-16-22(27(35)36)24(26(34)25(23)32-29-20-11-5-2-6-12-20)31-30-21-13-7-10-19(14-15-21)28(37)38-17-18-8-3-1-4-9-18/h1-16,19,29-30H,17H2,(H,35,36). The lowest BCUT2D eigenvalue weighted by molar-refractivity contribution is -0.146. The van der Waals surface area contributed by atoms with Crippen molar-refractivity contribution < 1.29 is 19.4 Å². The van der Waals surface area contributed by atoms with E-state index in [1.807, 2.05) is 30.3 Å². The Morgan fingerprint density at radius 3 is 2.29 bits per heavy atom. The van der Waals surface area contributed by atoms with Crippen LogP contribution in [0.15, 0.2) is 123 Å². The van der Waals surface area contributed by atoms with E-state index in [2.05, 4.69) is 21.1 Å². The van der Waals surface area contributed by atoms with Gasteiger partial charge in [0.25, 0.3) is 0 Å². The van der Waals surface area contributed by atoms with Crippen LogP contribution in [0.2, 0.25) is 0 Å². The van der Waals surface area contributed by atoms with Crippen LogP contribution in [-0.4, -0.2) is 17.0 Å². The van der Waals surface area contributed by atoms with Crippen molar-refractivity contribution in [1.82, 2.24) is 5.43 Å². The van der Waals surface area contributed by atoms with Crippen molar-refractivity contribution in [2.24, 2.45) is 16.1 Å². The van der Waals surface area contributed by atoms with E-state index in [9.17, 15) is 24.3 Å². The summed E-state index contributed by atoms with van der Waals surface area (Å²) in [6.45, 7) is 0.137. The number of carboxylic acid groups (broad SMARTS) is 1. The fourth-order valence-corrected chi connectivity index (χ4v) is 3.41. The van der Waals surface area contributed by atoms with Crippen LogP contribution in [0.4, 0.5) is 5.69 Å². The minimum absolute atomic E-state index is 0.137. The summed E-state index contributed by atoms with van der Waals surface area (Å²) in [6, 6.07) is 18.7. The van der Waals surface area contributed by atoms with Crippen molar-refractivity contribution in [3.8, 4) is 0 Å². The number of ether oxygens (including phenoxy) is 1. The molecule has 38 heavy (non-hydrogen) atoms. The predicted octanol–water partition coefficient (Wildman–Crippen LogP) is 1.68. The summed E-state index contributed by atoms with van der Waals surface area (Å²) < 4.78 is 5.36. The maximum Gasteiger partial charge on any atom is 0.338 e. The van der Waals surface area contributed by atoms with E-state index in [0.29, 0.717) is 11.4 Å². The third kappa shape index (κ3) is 6.43. The van der Waals surface area contributed by atoms with Gasteiger partial charge in [-0.3, -0.25) is 25.2 Å². The molecule has 1 atom stereocenters. The first-order chi connectivity index (χ1) is 18.4. The molecule has 3 aromatic rings. The number of allylic oxidation sites excluding steroid dienone is 3. The van der Waals surface area contributed by atoms with E-state index < -0.39 is 45.0 Å². The second kappa shape index (κ2) is 12.0. The third-order valence-corrected chi connectivity index (χ3v) is 5.37. The molecule has 190 valence electrons. The molecular formula is C28H22N4O6. The molecule has 10 heteroatoms. The van der Waals surface area contributed by atoms with Crippen LogP contribution in [0.5, 0.6) is 0 Å². The first kappa shape index (κ1) is 25.7. The molecule has 0 fully saturated rings. The number of esters is 1. The molecule has 3 aromatic carbocycles. The van der Waals surface area contributed by atoms with Crippen LogP contribution in [0.3, 0.4) is 0 Å². The predicted molar refractivity (Wildman–Crippen MR) is 139 cm³/mol. The van der Waals surface area contributed by atoms with Crippen molar-refractivity contribution in [3.63, 3.8) is 0 Å². The van der Waals surface area contributed by atoms with Gasteiger partial charge in [-0.25, -0.2) is 4.79 Å². The Labute approximate surface area is 216 Å². The van der Waals surface area contributed by atoms with Crippen molar-refractivity contribution in [1.29, 1.82) is 0 Å². The zero-order chi connectivity index (χ0) is 26.9. The number of nitrogens with zero attached hydrogens (tertiary/aromatic N) is 2. The number of carbonyl (C=O) groups is 2. The first-order valence-electron chi connectivity index (χ1n) is 11.5. The molecule has 0 amide bonds. The van der Waals surface area contributed by atoms with Crippen LogP contribution in [0, 0.1) is 5.92 Å². The molecule has 0 aromatic heterocycles. The number of carbonyl (C=O) groups excluding carboxylic acids is 1. The highest BCUT2D eigenvalue weighted by Gasteiger charge is 2.16. The number of hydrogen-bond donors (Lipinski definition) is 3. The summed E-state index contributed by atoms with van der Waals surface area (Å²) in [6.07, 6.45) is 7.94.